The van der Waals surface area contributed by atoms with Gasteiger partial charge in [0.1, 0.15) is 5.75 Å². The Morgan fingerprint density at radius 1 is 1.09 bits per heavy atom. The molecule has 2 amide bonds. The summed E-state index contributed by atoms with van der Waals surface area (Å²) in [4.78, 5) is 27.9. The maximum Gasteiger partial charge on any atom is 0.292 e. The molecular weight excluding hydrogens is 292 g/mol. The van der Waals surface area contributed by atoms with Crippen molar-refractivity contribution in [3.63, 3.8) is 0 Å². The van der Waals surface area contributed by atoms with E-state index < -0.39 is 0 Å². The zero-order valence-corrected chi connectivity index (χ0v) is 14.0. The third-order valence-corrected chi connectivity index (χ3v) is 5.00. The molecular formula is C18H25N2O3+. The number of methoxy groups -OCH3 is 1. The number of ether oxygens (including phenoxy) is 1. The Kier molecular flexibility index (Phi) is 4.39. The summed E-state index contributed by atoms with van der Waals surface area (Å²) in [7, 11) is 1.60. The Balaban J connectivity index is 1.79. The third-order valence-electron chi connectivity index (χ3n) is 5.00. The second-order valence-electron chi connectivity index (χ2n) is 7.03. The first-order valence-electron chi connectivity index (χ1n) is 8.35. The average molecular weight is 317 g/mol. The number of amides is 2. The molecule has 124 valence electrons. The standard InChI is InChI=1S/C18H24N2O3/c1-12-8-13(2)11-19(10-12)16-9-17(21)20(18(16)22)14-4-6-15(23-3)7-5-14/h4-7,12-13,16H,8-11H2,1-3H3/p+1/t12-,13-,16-/m1/s1. The first-order chi connectivity index (χ1) is 11.0. The Morgan fingerprint density at radius 2 is 1.70 bits per heavy atom. The number of nitrogens with zero attached hydrogens (tertiary/aromatic N) is 1. The summed E-state index contributed by atoms with van der Waals surface area (Å²) >= 11 is 0. The van der Waals surface area contributed by atoms with Gasteiger partial charge in [-0.3, -0.25) is 9.59 Å². The second-order valence-corrected chi connectivity index (χ2v) is 7.03. The van der Waals surface area contributed by atoms with Crippen LogP contribution >= 0.6 is 0 Å². The predicted molar refractivity (Wildman–Crippen MR) is 87.5 cm³/mol. The number of rotatable bonds is 3. The van der Waals surface area contributed by atoms with Crippen molar-refractivity contribution in [2.75, 3.05) is 25.1 Å². The molecule has 3 rings (SSSR count). The van der Waals surface area contributed by atoms with Gasteiger partial charge in [-0.2, -0.15) is 0 Å². The van der Waals surface area contributed by atoms with E-state index in [1.807, 2.05) is 0 Å². The highest BCUT2D eigenvalue weighted by atomic mass is 16.5. The van der Waals surface area contributed by atoms with Crippen LogP contribution in [0, 0.1) is 11.8 Å². The summed E-state index contributed by atoms with van der Waals surface area (Å²) in [5, 5.41) is 0. The third kappa shape index (κ3) is 3.11. The molecule has 0 aromatic heterocycles. The fourth-order valence-electron chi connectivity index (χ4n) is 4.07. The largest absolute Gasteiger partial charge is 0.497 e. The van der Waals surface area contributed by atoms with E-state index in [1.165, 1.54) is 16.2 Å². The van der Waals surface area contributed by atoms with Crippen LogP contribution in [0.1, 0.15) is 26.7 Å². The highest BCUT2D eigenvalue weighted by Gasteiger charge is 2.47. The number of hydrogen-bond donors (Lipinski definition) is 1. The van der Waals surface area contributed by atoms with Crippen molar-refractivity contribution in [3.05, 3.63) is 24.3 Å². The van der Waals surface area contributed by atoms with E-state index in [-0.39, 0.29) is 17.9 Å². The zero-order valence-electron chi connectivity index (χ0n) is 14.0. The summed E-state index contributed by atoms with van der Waals surface area (Å²) in [5.74, 6) is 1.77. The molecule has 2 aliphatic heterocycles. The van der Waals surface area contributed by atoms with Crippen molar-refractivity contribution >= 4 is 17.5 Å². The van der Waals surface area contributed by atoms with Crippen LogP contribution in [0.15, 0.2) is 24.3 Å². The van der Waals surface area contributed by atoms with Crippen molar-refractivity contribution in [2.24, 2.45) is 11.8 Å². The smallest absolute Gasteiger partial charge is 0.292 e. The number of hydrogen-bond acceptors (Lipinski definition) is 3. The van der Waals surface area contributed by atoms with Gasteiger partial charge in [-0.15, -0.1) is 0 Å². The van der Waals surface area contributed by atoms with E-state index in [1.54, 1.807) is 31.4 Å². The number of quaternary nitrogens is 1. The monoisotopic (exact) mass is 317 g/mol. The molecule has 1 aromatic rings. The molecule has 0 radical (unpaired) electrons. The lowest BCUT2D eigenvalue weighted by Crippen LogP contribution is -3.18. The van der Waals surface area contributed by atoms with Crippen LogP contribution in [0.2, 0.25) is 0 Å². The number of piperidine rings is 1. The summed E-state index contributed by atoms with van der Waals surface area (Å²) in [6.45, 7) is 6.42. The van der Waals surface area contributed by atoms with E-state index in [0.29, 0.717) is 29.7 Å². The number of anilines is 1. The molecule has 0 unspecified atom stereocenters. The first-order valence-corrected chi connectivity index (χ1v) is 8.35. The number of nitrogens with one attached hydrogen (secondary N) is 1. The van der Waals surface area contributed by atoms with Crippen LogP contribution < -0.4 is 14.5 Å². The van der Waals surface area contributed by atoms with Crippen molar-refractivity contribution in [1.82, 2.24) is 0 Å². The van der Waals surface area contributed by atoms with Crippen LogP contribution in [0.4, 0.5) is 5.69 Å². The Morgan fingerprint density at radius 3 is 2.26 bits per heavy atom. The molecule has 2 saturated heterocycles. The molecule has 2 heterocycles. The zero-order chi connectivity index (χ0) is 16.6. The lowest BCUT2D eigenvalue weighted by molar-refractivity contribution is -0.926. The topological polar surface area (TPSA) is 51.0 Å². The van der Waals surface area contributed by atoms with Gasteiger partial charge in [-0.25, -0.2) is 4.90 Å². The molecule has 0 saturated carbocycles. The van der Waals surface area contributed by atoms with Gasteiger partial charge in [-0.1, -0.05) is 13.8 Å². The number of likely N-dealkylation sites (tertiary alicyclic amines) is 1. The predicted octanol–water partition coefficient (Wildman–Crippen LogP) is 0.888. The van der Waals surface area contributed by atoms with Crippen LogP contribution in [-0.2, 0) is 9.59 Å². The van der Waals surface area contributed by atoms with Crippen molar-refractivity contribution in [2.45, 2.75) is 32.7 Å². The van der Waals surface area contributed by atoms with Crippen LogP contribution in [-0.4, -0.2) is 38.1 Å². The van der Waals surface area contributed by atoms with Crippen molar-refractivity contribution in [3.8, 4) is 5.75 Å². The lowest BCUT2D eigenvalue weighted by Gasteiger charge is -2.34. The number of benzene rings is 1. The summed E-state index contributed by atoms with van der Waals surface area (Å²) in [6.07, 6.45) is 1.53. The number of carbonyl (C=O) groups is 2. The SMILES string of the molecule is COc1ccc(N2C(=O)C[C@@H]([NH+]3C[C@H](C)C[C@@H](C)C3)C2=O)cc1. The second kappa shape index (κ2) is 6.32. The van der Waals surface area contributed by atoms with Crippen molar-refractivity contribution < 1.29 is 19.2 Å². The molecule has 0 spiro atoms. The molecule has 2 fully saturated rings. The van der Waals surface area contributed by atoms with Gasteiger partial charge in [0.2, 0.25) is 5.91 Å². The molecule has 0 bridgehead atoms. The van der Waals surface area contributed by atoms with E-state index >= 15 is 0 Å². The lowest BCUT2D eigenvalue weighted by atomic mass is 9.90. The van der Waals surface area contributed by atoms with E-state index in [0.717, 1.165) is 13.1 Å². The Bertz CT molecular complexity index is 589. The fourth-order valence-corrected chi connectivity index (χ4v) is 4.07. The average Bonchev–Trinajstić information content (AvgIpc) is 2.81. The first kappa shape index (κ1) is 16.0. The molecule has 23 heavy (non-hydrogen) atoms. The Labute approximate surface area is 137 Å². The van der Waals surface area contributed by atoms with Gasteiger partial charge in [0.05, 0.1) is 32.3 Å². The number of carbonyl (C=O) groups excluding carboxylic acids is 2. The maximum absolute atomic E-state index is 12.8. The quantitative estimate of drug-likeness (QED) is 0.842. The molecule has 5 nitrogen and oxygen atoms in total. The van der Waals surface area contributed by atoms with Gasteiger partial charge in [-0.05, 0) is 30.7 Å². The maximum atomic E-state index is 12.8. The van der Waals surface area contributed by atoms with Crippen LogP contribution in [0.25, 0.3) is 0 Å². The minimum atomic E-state index is -0.227. The minimum Gasteiger partial charge on any atom is -0.497 e. The number of imide groups is 1. The molecule has 0 aliphatic carbocycles. The van der Waals surface area contributed by atoms with E-state index in [4.69, 9.17) is 4.74 Å². The van der Waals surface area contributed by atoms with Crippen molar-refractivity contribution in [1.29, 1.82) is 0 Å². The van der Waals surface area contributed by atoms with E-state index in [2.05, 4.69) is 13.8 Å². The molecule has 1 N–H and O–H groups in total. The molecule has 2 aliphatic rings. The summed E-state index contributed by atoms with van der Waals surface area (Å²) < 4.78 is 5.13. The van der Waals surface area contributed by atoms with E-state index in [9.17, 15) is 9.59 Å². The molecule has 3 atom stereocenters. The highest BCUT2D eigenvalue weighted by molar-refractivity contribution is 6.21. The van der Waals surface area contributed by atoms with Gasteiger partial charge in [0.25, 0.3) is 5.91 Å². The van der Waals surface area contributed by atoms with Crippen LogP contribution in [0.3, 0.4) is 0 Å². The Hall–Kier alpha value is -1.88. The van der Waals surface area contributed by atoms with Gasteiger partial charge >= 0.3 is 0 Å². The van der Waals surface area contributed by atoms with Crippen LogP contribution in [0.5, 0.6) is 5.75 Å². The summed E-state index contributed by atoms with van der Waals surface area (Å²) in [6, 6.07) is 6.87. The summed E-state index contributed by atoms with van der Waals surface area (Å²) in [5.41, 5.74) is 0.640. The fraction of sp³-hybridized carbons (Fsp3) is 0.556. The minimum absolute atomic E-state index is 0.0588. The highest BCUT2D eigenvalue weighted by Crippen LogP contribution is 2.25. The molecule has 1 aromatic carbocycles. The van der Waals surface area contributed by atoms with Gasteiger partial charge < -0.3 is 9.64 Å². The van der Waals surface area contributed by atoms with Gasteiger partial charge in [0.15, 0.2) is 6.04 Å². The normalized spacial score (nSPS) is 31.5. The van der Waals surface area contributed by atoms with Gasteiger partial charge in [0, 0.05) is 11.8 Å². The molecule has 5 heteroatoms.